The first-order valence-electron chi connectivity index (χ1n) is 14.1. The number of halogens is 6. The van der Waals surface area contributed by atoms with E-state index in [1.807, 2.05) is 18.2 Å². The Kier molecular flexibility index (Phi) is 12.4. The Morgan fingerprint density at radius 1 is 0.977 bits per heavy atom. The zero-order valence-corrected chi connectivity index (χ0v) is 24.5. The van der Waals surface area contributed by atoms with Gasteiger partial charge in [-0.15, -0.1) is 0 Å². The van der Waals surface area contributed by atoms with Crippen LogP contribution in [0.5, 0.6) is 0 Å². The largest absolute Gasteiger partial charge is 0.449 e. The van der Waals surface area contributed by atoms with Gasteiger partial charge in [-0.05, 0) is 49.1 Å². The minimum atomic E-state index is -4.83. The Labute approximate surface area is 252 Å². The Morgan fingerprint density at radius 2 is 1.57 bits per heavy atom. The molecule has 2 N–H and O–H groups in total. The maximum atomic E-state index is 12.5. The normalized spacial score (nSPS) is 20.3. The highest BCUT2D eigenvalue weighted by molar-refractivity contribution is 5.76. The molecule has 2 amide bonds. The average Bonchev–Trinajstić information content (AvgIpc) is 2.99. The third-order valence-electron chi connectivity index (χ3n) is 7.47. The van der Waals surface area contributed by atoms with E-state index in [1.54, 1.807) is 4.90 Å². The number of carbonyl (C=O) groups excluding carboxylic acids is 2. The highest BCUT2D eigenvalue weighted by Crippen LogP contribution is 2.38. The van der Waals surface area contributed by atoms with Crippen molar-refractivity contribution in [3.8, 4) is 0 Å². The summed E-state index contributed by atoms with van der Waals surface area (Å²) < 4.78 is 90.5. The molecular weight excluding hydrogens is 596 g/mol. The van der Waals surface area contributed by atoms with Crippen molar-refractivity contribution >= 4 is 12.0 Å². The molecule has 2 fully saturated rings. The van der Waals surface area contributed by atoms with Gasteiger partial charge in [-0.25, -0.2) is 4.79 Å². The van der Waals surface area contributed by atoms with Crippen LogP contribution in [0.4, 0.5) is 31.1 Å². The fraction of sp³-hybridized carbons (Fsp3) is 0.533. The monoisotopic (exact) mass is 633 g/mol. The summed E-state index contributed by atoms with van der Waals surface area (Å²) in [5, 5.41) is 0. The minimum absolute atomic E-state index is 0.0892. The number of hydrogen-bond acceptors (Lipinski definition) is 6. The molecule has 2 aliphatic heterocycles. The van der Waals surface area contributed by atoms with Crippen molar-refractivity contribution in [2.45, 2.75) is 44.3 Å². The van der Waals surface area contributed by atoms with E-state index in [0.29, 0.717) is 51.6 Å². The number of alkyl halides is 6. The number of morpholine rings is 1. The third kappa shape index (κ3) is 10.4. The third-order valence-corrected chi connectivity index (χ3v) is 7.47. The molecule has 44 heavy (non-hydrogen) atoms. The van der Waals surface area contributed by atoms with Gasteiger partial charge in [-0.1, -0.05) is 30.3 Å². The lowest BCUT2D eigenvalue weighted by molar-refractivity contribution is -0.143. The summed E-state index contributed by atoms with van der Waals surface area (Å²) in [4.78, 5) is 27.4. The first-order valence-corrected chi connectivity index (χ1v) is 14.1. The van der Waals surface area contributed by atoms with Crippen LogP contribution in [0, 0.1) is 5.92 Å². The summed E-state index contributed by atoms with van der Waals surface area (Å²) >= 11 is 0. The van der Waals surface area contributed by atoms with Crippen molar-refractivity contribution in [3.63, 3.8) is 0 Å². The summed E-state index contributed by atoms with van der Waals surface area (Å²) in [5.41, 5.74) is 3.80. The Balaban J connectivity index is 0.000000259. The van der Waals surface area contributed by atoms with Gasteiger partial charge in [0.15, 0.2) is 0 Å². The zero-order valence-electron chi connectivity index (χ0n) is 24.5. The fourth-order valence-electron chi connectivity index (χ4n) is 5.07. The van der Waals surface area contributed by atoms with Gasteiger partial charge in [-0.3, -0.25) is 9.69 Å². The second-order valence-corrected chi connectivity index (χ2v) is 10.7. The summed E-state index contributed by atoms with van der Waals surface area (Å²) in [6.45, 7) is 4.92. The van der Waals surface area contributed by atoms with Crippen LogP contribution in [0.3, 0.4) is 0 Å². The maximum Gasteiger partial charge on any atom is 0.416 e. The van der Waals surface area contributed by atoms with Crippen molar-refractivity contribution in [1.29, 1.82) is 0 Å². The number of nitrogens with two attached hydrogens (primary N) is 1. The van der Waals surface area contributed by atoms with Crippen molar-refractivity contribution in [3.05, 3.63) is 70.8 Å². The molecule has 0 aromatic heterocycles. The van der Waals surface area contributed by atoms with Gasteiger partial charge < -0.3 is 24.8 Å². The predicted octanol–water partition coefficient (Wildman–Crippen LogP) is 5.83. The molecule has 244 valence electrons. The second kappa shape index (κ2) is 15.6. The summed E-state index contributed by atoms with van der Waals surface area (Å²) in [5.74, 6) is -0.129. The molecule has 3 atom stereocenters. The molecule has 2 saturated heterocycles. The number of methoxy groups -OCH3 is 1. The lowest BCUT2D eigenvalue weighted by atomic mass is 9.89. The molecule has 0 spiro atoms. The summed E-state index contributed by atoms with van der Waals surface area (Å²) in [7, 11) is 1.21. The van der Waals surface area contributed by atoms with E-state index >= 15 is 0 Å². The lowest BCUT2D eigenvalue weighted by Crippen LogP contribution is -2.45. The van der Waals surface area contributed by atoms with Gasteiger partial charge in [0, 0.05) is 38.7 Å². The van der Waals surface area contributed by atoms with Gasteiger partial charge in [0.1, 0.15) is 0 Å². The SMILES string of the molecule is CO[C@H](C)c1cc(C(F)(F)F)cc(C(F)(F)F)c1.NC(=O)CN1C[C@@H](COC(=O)N2CCOCC2)CC[C@H]1c1ccccc1. The van der Waals surface area contributed by atoms with Gasteiger partial charge in [0.25, 0.3) is 0 Å². The molecule has 8 nitrogen and oxygen atoms in total. The highest BCUT2D eigenvalue weighted by atomic mass is 19.4. The number of primary amides is 1. The Morgan fingerprint density at radius 3 is 2.09 bits per heavy atom. The molecule has 4 rings (SSSR count). The Bertz CT molecular complexity index is 1190. The van der Waals surface area contributed by atoms with E-state index < -0.39 is 29.6 Å². The number of likely N-dealkylation sites (tertiary alicyclic amines) is 1. The number of piperidine rings is 1. The topological polar surface area (TPSA) is 94.3 Å². The lowest BCUT2D eigenvalue weighted by Gasteiger charge is -2.39. The van der Waals surface area contributed by atoms with Crippen molar-refractivity contribution in [2.24, 2.45) is 11.7 Å². The summed E-state index contributed by atoms with van der Waals surface area (Å²) in [6.07, 6.45) is -8.93. The van der Waals surface area contributed by atoms with Crippen LogP contribution >= 0.6 is 0 Å². The minimum Gasteiger partial charge on any atom is -0.449 e. The van der Waals surface area contributed by atoms with E-state index in [-0.39, 0.29) is 42.1 Å². The van der Waals surface area contributed by atoms with Crippen LogP contribution in [0.1, 0.15) is 54.2 Å². The Hall–Kier alpha value is -3.36. The van der Waals surface area contributed by atoms with E-state index in [0.717, 1.165) is 12.8 Å². The molecule has 2 aromatic carbocycles. The van der Waals surface area contributed by atoms with Crippen LogP contribution in [0.15, 0.2) is 48.5 Å². The number of hydrogen-bond donors (Lipinski definition) is 1. The van der Waals surface area contributed by atoms with Crippen LogP contribution in [-0.2, 0) is 31.4 Å². The maximum absolute atomic E-state index is 12.5. The van der Waals surface area contributed by atoms with Crippen molar-refractivity contribution in [2.75, 3.05) is 53.1 Å². The van der Waals surface area contributed by atoms with Crippen molar-refractivity contribution in [1.82, 2.24) is 9.80 Å². The fourth-order valence-corrected chi connectivity index (χ4v) is 5.07. The summed E-state index contributed by atoms with van der Waals surface area (Å²) in [6, 6.07) is 11.7. The average molecular weight is 634 g/mol. The van der Waals surface area contributed by atoms with Gasteiger partial charge in [0.2, 0.25) is 5.91 Å². The van der Waals surface area contributed by atoms with Crippen LogP contribution in [0.25, 0.3) is 0 Å². The van der Waals surface area contributed by atoms with Gasteiger partial charge in [-0.2, -0.15) is 26.3 Å². The first-order chi connectivity index (χ1) is 20.7. The van der Waals surface area contributed by atoms with E-state index in [2.05, 4.69) is 17.0 Å². The number of carbonyl (C=O) groups is 2. The molecule has 2 aromatic rings. The number of nitrogens with zero attached hydrogens (tertiary/aromatic N) is 2. The van der Waals surface area contributed by atoms with Crippen LogP contribution < -0.4 is 5.73 Å². The predicted molar refractivity (Wildman–Crippen MR) is 148 cm³/mol. The quantitative estimate of drug-likeness (QED) is 0.386. The van der Waals surface area contributed by atoms with E-state index in [9.17, 15) is 35.9 Å². The molecular formula is C30H37F6N3O5. The number of amides is 2. The standard InChI is InChI=1S/C19H27N3O4.C11H10F6O/c20-18(23)13-22-12-15(6-7-17(22)16-4-2-1-3-5-16)14-26-19(24)21-8-10-25-11-9-21;1-6(18-2)7-3-8(10(12,13)14)5-9(4-7)11(15,16)17/h1-5,15,17H,6-14H2,(H2,20,23);3-6H,1-2H3/t15-,17-;6-/m01/s1. The second-order valence-electron chi connectivity index (χ2n) is 10.7. The van der Waals surface area contributed by atoms with E-state index in [4.69, 9.17) is 19.9 Å². The molecule has 2 heterocycles. The smallest absolute Gasteiger partial charge is 0.416 e. The number of ether oxygens (including phenoxy) is 3. The molecule has 0 aliphatic carbocycles. The van der Waals surface area contributed by atoms with Crippen LogP contribution in [-0.4, -0.2) is 74.9 Å². The molecule has 14 heteroatoms. The van der Waals surface area contributed by atoms with E-state index in [1.165, 1.54) is 19.6 Å². The number of benzene rings is 2. The molecule has 2 aliphatic rings. The van der Waals surface area contributed by atoms with Gasteiger partial charge in [0.05, 0.1) is 43.6 Å². The van der Waals surface area contributed by atoms with Crippen LogP contribution in [0.2, 0.25) is 0 Å². The molecule has 0 radical (unpaired) electrons. The molecule has 0 bridgehead atoms. The zero-order chi connectivity index (χ0) is 32.5. The first kappa shape index (κ1) is 35.1. The molecule has 0 unspecified atom stereocenters. The van der Waals surface area contributed by atoms with Crippen molar-refractivity contribution < 1.29 is 50.1 Å². The highest BCUT2D eigenvalue weighted by Gasteiger charge is 2.37. The molecule has 0 saturated carbocycles. The van der Waals surface area contributed by atoms with Gasteiger partial charge >= 0.3 is 18.4 Å². The number of rotatable bonds is 7.